The summed E-state index contributed by atoms with van der Waals surface area (Å²) in [7, 11) is 0. The number of hydrogen-bond donors (Lipinski definition) is 3. The molecule has 3 aliphatic rings. The number of aliphatic hydroxyl groups excluding tert-OH is 1. The van der Waals surface area contributed by atoms with Gasteiger partial charge in [0.05, 0.1) is 12.1 Å². The molecule has 0 heterocycles. The maximum absolute atomic E-state index is 13.6. The number of aliphatic hydroxyl groups is 1. The molecule has 2 aromatic rings. The van der Waals surface area contributed by atoms with Crippen LogP contribution in [0.3, 0.4) is 0 Å². The fourth-order valence-corrected chi connectivity index (χ4v) is 6.38. The van der Waals surface area contributed by atoms with E-state index in [2.05, 4.69) is 34.9 Å². The molecular formula is C28H34F2N2O2. The van der Waals surface area contributed by atoms with Crippen LogP contribution in [-0.2, 0) is 16.8 Å². The normalized spacial score (nSPS) is 26.3. The second-order valence-corrected chi connectivity index (χ2v) is 10.7. The van der Waals surface area contributed by atoms with E-state index in [4.69, 9.17) is 0 Å². The van der Waals surface area contributed by atoms with Gasteiger partial charge in [0.15, 0.2) is 0 Å². The van der Waals surface area contributed by atoms with Crippen molar-refractivity contribution in [1.29, 1.82) is 0 Å². The first kappa shape index (κ1) is 23.4. The number of carbonyl (C=O) groups is 1. The van der Waals surface area contributed by atoms with Crippen LogP contribution in [-0.4, -0.2) is 29.7 Å². The van der Waals surface area contributed by atoms with Crippen LogP contribution in [0.25, 0.3) is 0 Å². The zero-order chi connectivity index (χ0) is 23.9. The Hall–Kier alpha value is -2.31. The molecule has 0 saturated heterocycles. The van der Waals surface area contributed by atoms with Crippen molar-refractivity contribution in [3.05, 3.63) is 70.8 Å². The minimum absolute atomic E-state index is 0.143. The molecule has 3 saturated carbocycles. The molecule has 0 aromatic heterocycles. The molecule has 34 heavy (non-hydrogen) atoms. The summed E-state index contributed by atoms with van der Waals surface area (Å²) >= 11 is 0. The van der Waals surface area contributed by atoms with Crippen molar-refractivity contribution < 1.29 is 18.7 Å². The number of nitrogens with one attached hydrogen (secondary N) is 2. The molecule has 2 aromatic carbocycles. The Morgan fingerprint density at radius 1 is 1.12 bits per heavy atom. The minimum atomic E-state index is -0.901. The molecule has 1 amide bonds. The molecule has 3 aliphatic carbocycles. The van der Waals surface area contributed by atoms with Crippen LogP contribution < -0.4 is 10.6 Å². The average Bonchev–Trinajstić information content (AvgIpc) is 3.28. The summed E-state index contributed by atoms with van der Waals surface area (Å²) in [6.07, 6.45) is 6.68. The van der Waals surface area contributed by atoms with Gasteiger partial charge in [-0.05, 0) is 85.1 Å². The summed E-state index contributed by atoms with van der Waals surface area (Å²) < 4.78 is 27.3. The Bertz CT molecular complexity index is 1030. The Kier molecular flexibility index (Phi) is 6.47. The number of benzene rings is 2. The quantitative estimate of drug-likeness (QED) is 0.506. The summed E-state index contributed by atoms with van der Waals surface area (Å²) in [5.74, 6) is 0.778. The predicted octanol–water partition coefficient (Wildman–Crippen LogP) is 4.56. The zero-order valence-electron chi connectivity index (χ0n) is 19.7. The number of fused-ring (bicyclic) bond motifs is 2. The third-order valence-electron chi connectivity index (χ3n) is 8.24. The van der Waals surface area contributed by atoms with Crippen LogP contribution >= 0.6 is 0 Å². The molecule has 0 aliphatic heterocycles. The Morgan fingerprint density at radius 2 is 1.88 bits per heavy atom. The molecule has 3 N–H and O–H groups in total. The van der Waals surface area contributed by atoms with Gasteiger partial charge in [-0.1, -0.05) is 30.7 Å². The van der Waals surface area contributed by atoms with Crippen molar-refractivity contribution in [1.82, 2.24) is 10.6 Å². The van der Waals surface area contributed by atoms with E-state index < -0.39 is 23.8 Å². The number of amides is 1. The molecule has 5 unspecified atom stereocenters. The monoisotopic (exact) mass is 468 g/mol. The Balaban J connectivity index is 1.25. The smallest absolute Gasteiger partial charge is 0.217 e. The first-order chi connectivity index (χ1) is 16.3. The number of carbonyl (C=O) groups excluding carboxylic acids is 1. The molecule has 0 radical (unpaired) electrons. The molecule has 5 rings (SSSR count). The Labute approximate surface area is 200 Å². The van der Waals surface area contributed by atoms with E-state index >= 15 is 0 Å². The van der Waals surface area contributed by atoms with Gasteiger partial charge >= 0.3 is 0 Å². The van der Waals surface area contributed by atoms with Crippen molar-refractivity contribution in [3.63, 3.8) is 0 Å². The van der Waals surface area contributed by atoms with Crippen LogP contribution in [0, 0.1) is 23.5 Å². The lowest BCUT2D eigenvalue weighted by Crippen LogP contribution is -2.49. The van der Waals surface area contributed by atoms with Crippen LogP contribution in [0.5, 0.6) is 0 Å². The van der Waals surface area contributed by atoms with E-state index in [1.807, 2.05) is 0 Å². The van der Waals surface area contributed by atoms with E-state index in [0.717, 1.165) is 30.7 Å². The molecule has 4 nitrogen and oxygen atoms in total. The largest absolute Gasteiger partial charge is 0.390 e. The third kappa shape index (κ3) is 5.03. The highest BCUT2D eigenvalue weighted by atomic mass is 19.1. The predicted molar refractivity (Wildman–Crippen MR) is 127 cm³/mol. The Morgan fingerprint density at radius 3 is 2.50 bits per heavy atom. The SMILES string of the molecule is CC(=O)NC(Cc1cc(F)cc(F)c1)C(O)CNC1(c2cccc(C3CC4CCC3C4)c2)CC1. The molecule has 5 atom stereocenters. The van der Waals surface area contributed by atoms with Gasteiger partial charge in [-0.3, -0.25) is 4.79 Å². The van der Waals surface area contributed by atoms with E-state index in [0.29, 0.717) is 11.5 Å². The lowest BCUT2D eigenvalue weighted by atomic mass is 9.82. The minimum Gasteiger partial charge on any atom is -0.390 e. The van der Waals surface area contributed by atoms with Crippen LogP contribution in [0.2, 0.25) is 0 Å². The molecule has 6 heteroatoms. The van der Waals surface area contributed by atoms with Gasteiger partial charge in [-0.2, -0.15) is 0 Å². The van der Waals surface area contributed by atoms with E-state index in [-0.39, 0.29) is 24.4 Å². The molecule has 0 spiro atoms. The highest BCUT2D eigenvalue weighted by Gasteiger charge is 2.45. The van der Waals surface area contributed by atoms with Gasteiger partial charge in [-0.25, -0.2) is 8.78 Å². The van der Waals surface area contributed by atoms with Crippen molar-refractivity contribution >= 4 is 5.91 Å². The van der Waals surface area contributed by atoms with Gasteiger partial charge in [-0.15, -0.1) is 0 Å². The van der Waals surface area contributed by atoms with Gasteiger partial charge < -0.3 is 15.7 Å². The molecular weight excluding hydrogens is 434 g/mol. The van der Waals surface area contributed by atoms with Gasteiger partial charge in [0.2, 0.25) is 5.91 Å². The fourth-order valence-electron chi connectivity index (χ4n) is 6.38. The van der Waals surface area contributed by atoms with Crippen LogP contribution in [0.4, 0.5) is 8.78 Å². The van der Waals surface area contributed by atoms with E-state index in [9.17, 15) is 18.7 Å². The second-order valence-electron chi connectivity index (χ2n) is 10.7. The third-order valence-corrected chi connectivity index (χ3v) is 8.24. The summed E-state index contributed by atoms with van der Waals surface area (Å²) in [5, 5.41) is 17.2. The lowest BCUT2D eigenvalue weighted by molar-refractivity contribution is -0.120. The van der Waals surface area contributed by atoms with Crippen LogP contribution in [0.1, 0.15) is 68.1 Å². The van der Waals surface area contributed by atoms with Crippen LogP contribution in [0.15, 0.2) is 42.5 Å². The topological polar surface area (TPSA) is 61.4 Å². The summed E-state index contributed by atoms with van der Waals surface area (Å²) in [4.78, 5) is 11.7. The number of hydrogen-bond acceptors (Lipinski definition) is 3. The van der Waals surface area contributed by atoms with Crippen molar-refractivity contribution in [2.45, 2.75) is 75.5 Å². The highest BCUT2D eigenvalue weighted by molar-refractivity contribution is 5.73. The van der Waals surface area contributed by atoms with Crippen molar-refractivity contribution in [3.8, 4) is 0 Å². The number of halogens is 2. The first-order valence-electron chi connectivity index (χ1n) is 12.6. The molecule has 3 fully saturated rings. The van der Waals surface area contributed by atoms with Gasteiger partial charge in [0.1, 0.15) is 11.6 Å². The maximum atomic E-state index is 13.6. The van der Waals surface area contributed by atoms with E-state index in [1.54, 1.807) is 0 Å². The maximum Gasteiger partial charge on any atom is 0.217 e. The summed E-state index contributed by atoms with van der Waals surface area (Å²) in [6, 6.07) is 11.6. The molecule has 2 bridgehead atoms. The average molecular weight is 469 g/mol. The standard InChI is InChI=1S/C28H34F2N2O2/c1-17(33)32-26(13-19-10-23(29)15-24(30)11-19)27(34)16-31-28(7-8-28)22-4-2-3-20(14-22)25-12-18-5-6-21(25)9-18/h2-4,10-11,14-15,18,21,25-27,31,34H,5-9,12-13,16H2,1H3,(H,32,33). The first-order valence-corrected chi connectivity index (χ1v) is 12.6. The van der Waals surface area contributed by atoms with Gasteiger partial charge in [0, 0.05) is 25.1 Å². The fraction of sp³-hybridized carbons (Fsp3) is 0.536. The summed E-state index contributed by atoms with van der Waals surface area (Å²) in [5.41, 5.74) is 2.96. The second kappa shape index (κ2) is 9.38. The van der Waals surface area contributed by atoms with E-state index in [1.165, 1.54) is 55.9 Å². The van der Waals surface area contributed by atoms with Crippen molar-refractivity contribution in [2.75, 3.05) is 6.54 Å². The number of rotatable bonds is 9. The summed E-state index contributed by atoms with van der Waals surface area (Å²) in [6.45, 7) is 1.66. The molecule has 182 valence electrons. The zero-order valence-corrected chi connectivity index (χ0v) is 19.7. The lowest BCUT2D eigenvalue weighted by Gasteiger charge is -2.28. The van der Waals surface area contributed by atoms with Gasteiger partial charge in [0.25, 0.3) is 0 Å². The van der Waals surface area contributed by atoms with Crippen molar-refractivity contribution in [2.24, 2.45) is 11.8 Å². The highest BCUT2D eigenvalue weighted by Crippen LogP contribution is 2.54.